The highest BCUT2D eigenvalue weighted by molar-refractivity contribution is 6.69. The van der Waals surface area contributed by atoms with Gasteiger partial charge in [0.25, 0.3) is 0 Å². The molecule has 100 valence electrons. The molecule has 5 heteroatoms. The Bertz CT molecular complexity index is 353. The average molecular weight is 270 g/mol. The van der Waals surface area contributed by atoms with Crippen molar-refractivity contribution in [2.45, 2.75) is 20.3 Å². The number of aromatic nitrogens is 1. The van der Waals surface area contributed by atoms with E-state index in [1.54, 1.807) is 12.4 Å². The Morgan fingerprint density at radius 3 is 2.83 bits per heavy atom. The first kappa shape index (κ1) is 14.9. The standard InChI is InChI=1S/C13H20ClN3O/c1-3-17(4-2)9-6-10-18-16-13(14)12-7-5-8-15-11-12/h5,7-8,11H,3-4,6,9-10H2,1-2H3. The van der Waals surface area contributed by atoms with Crippen LogP contribution in [-0.4, -0.2) is 41.3 Å². The van der Waals surface area contributed by atoms with E-state index in [0.717, 1.165) is 31.6 Å². The zero-order valence-electron chi connectivity index (χ0n) is 11.0. The van der Waals surface area contributed by atoms with Crippen LogP contribution >= 0.6 is 11.6 Å². The lowest BCUT2D eigenvalue weighted by atomic mass is 10.3. The minimum atomic E-state index is 0.339. The zero-order chi connectivity index (χ0) is 13.2. The van der Waals surface area contributed by atoms with E-state index in [0.29, 0.717) is 11.8 Å². The van der Waals surface area contributed by atoms with Crippen molar-refractivity contribution in [3.63, 3.8) is 0 Å². The highest BCUT2D eigenvalue weighted by Gasteiger charge is 2.00. The minimum absolute atomic E-state index is 0.339. The van der Waals surface area contributed by atoms with Crippen LogP contribution in [0.5, 0.6) is 0 Å². The molecule has 0 bridgehead atoms. The molecule has 0 fully saturated rings. The smallest absolute Gasteiger partial charge is 0.177 e. The molecular formula is C13H20ClN3O. The van der Waals surface area contributed by atoms with E-state index >= 15 is 0 Å². The van der Waals surface area contributed by atoms with E-state index in [4.69, 9.17) is 16.4 Å². The second-order valence-electron chi connectivity index (χ2n) is 3.84. The maximum Gasteiger partial charge on any atom is 0.177 e. The van der Waals surface area contributed by atoms with Crippen LogP contribution in [0.25, 0.3) is 0 Å². The van der Waals surface area contributed by atoms with Gasteiger partial charge < -0.3 is 9.74 Å². The van der Waals surface area contributed by atoms with Crippen LogP contribution < -0.4 is 0 Å². The molecule has 4 nitrogen and oxygen atoms in total. The van der Waals surface area contributed by atoms with Crippen LogP contribution in [0.4, 0.5) is 0 Å². The molecule has 0 amide bonds. The second-order valence-corrected chi connectivity index (χ2v) is 4.20. The molecule has 1 aromatic heterocycles. The summed E-state index contributed by atoms with van der Waals surface area (Å²) in [4.78, 5) is 11.5. The Balaban J connectivity index is 2.24. The van der Waals surface area contributed by atoms with Crippen molar-refractivity contribution in [2.75, 3.05) is 26.2 Å². The van der Waals surface area contributed by atoms with Gasteiger partial charge in [-0.1, -0.05) is 30.6 Å². The van der Waals surface area contributed by atoms with Crippen LogP contribution in [0.3, 0.4) is 0 Å². The van der Waals surface area contributed by atoms with Crippen molar-refractivity contribution in [1.29, 1.82) is 0 Å². The first-order valence-electron chi connectivity index (χ1n) is 6.26. The van der Waals surface area contributed by atoms with Gasteiger partial charge in [-0.3, -0.25) is 4.98 Å². The predicted octanol–water partition coefficient (Wildman–Crippen LogP) is 2.73. The van der Waals surface area contributed by atoms with E-state index in [2.05, 4.69) is 28.9 Å². The monoisotopic (exact) mass is 269 g/mol. The topological polar surface area (TPSA) is 37.7 Å². The molecule has 0 aromatic carbocycles. The number of nitrogens with zero attached hydrogens (tertiary/aromatic N) is 3. The zero-order valence-corrected chi connectivity index (χ0v) is 11.7. The molecule has 1 rings (SSSR count). The van der Waals surface area contributed by atoms with Gasteiger partial charge in [0, 0.05) is 24.5 Å². The largest absolute Gasteiger partial charge is 0.395 e. The van der Waals surface area contributed by atoms with Crippen molar-refractivity contribution >= 4 is 16.8 Å². The lowest BCUT2D eigenvalue weighted by Crippen LogP contribution is -2.24. The summed E-state index contributed by atoms with van der Waals surface area (Å²) in [5, 5.41) is 4.21. The van der Waals surface area contributed by atoms with Crippen molar-refractivity contribution in [2.24, 2.45) is 5.16 Å². The highest BCUT2D eigenvalue weighted by atomic mass is 35.5. The molecule has 0 atom stereocenters. The maximum atomic E-state index is 5.98. The summed E-state index contributed by atoms with van der Waals surface area (Å²) in [6.07, 6.45) is 4.30. The van der Waals surface area contributed by atoms with E-state index in [1.807, 2.05) is 12.1 Å². The predicted molar refractivity (Wildman–Crippen MR) is 75.0 cm³/mol. The van der Waals surface area contributed by atoms with Crippen LogP contribution in [0.15, 0.2) is 29.7 Å². The molecule has 0 unspecified atom stereocenters. The molecular weight excluding hydrogens is 250 g/mol. The molecule has 0 spiro atoms. The van der Waals surface area contributed by atoms with Gasteiger partial charge >= 0.3 is 0 Å². The fourth-order valence-electron chi connectivity index (χ4n) is 1.53. The third kappa shape index (κ3) is 5.47. The van der Waals surface area contributed by atoms with E-state index < -0.39 is 0 Å². The van der Waals surface area contributed by atoms with Crippen LogP contribution in [0, 0.1) is 0 Å². The number of hydrogen-bond donors (Lipinski definition) is 0. The first-order chi connectivity index (χ1) is 8.77. The summed E-state index contributed by atoms with van der Waals surface area (Å²) in [5.41, 5.74) is 0.767. The number of oxime groups is 1. The Kier molecular flexibility index (Phi) is 7.37. The van der Waals surface area contributed by atoms with Gasteiger partial charge in [0.1, 0.15) is 6.61 Å². The average Bonchev–Trinajstić information content (AvgIpc) is 2.43. The van der Waals surface area contributed by atoms with Gasteiger partial charge in [0.2, 0.25) is 0 Å². The number of rotatable bonds is 8. The molecule has 0 radical (unpaired) electrons. The van der Waals surface area contributed by atoms with Crippen molar-refractivity contribution in [3.8, 4) is 0 Å². The molecule has 0 aliphatic carbocycles. The summed E-state index contributed by atoms with van der Waals surface area (Å²) < 4.78 is 0. The molecule has 0 aliphatic rings. The third-order valence-corrected chi connectivity index (χ3v) is 2.94. The Morgan fingerprint density at radius 2 is 2.22 bits per heavy atom. The Hall–Kier alpha value is -1.13. The summed E-state index contributed by atoms with van der Waals surface area (Å²) >= 11 is 5.98. The van der Waals surface area contributed by atoms with E-state index in [-0.39, 0.29) is 0 Å². The fourth-order valence-corrected chi connectivity index (χ4v) is 1.69. The van der Waals surface area contributed by atoms with Gasteiger partial charge in [0.15, 0.2) is 5.17 Å². The molecule has 0 saturated heterocycles. The number of halogens is 1. The molecule has 18 heavy (non-hydrogen) atoms. The first-order valence-corrected chi connectivity index (χ1v) is 6.64. The molecule has 0 saturated carbocycles. The molecule has 0 N–H and O–H groups in total. The van der Waals surface area contributed by atoms with Gasteiger partial charge in [0.05, 0.1) is 0 Å². The fraction of sp³-hybridized carbons (Fsp3) is 0.538. The molecule has 1 heterocycles. The van der Waals surface area contributed by atoms with Gasteiger partial charge in [-0.15, -0.1) is 0 Å². The van der Waals surface area contributed by atoms with Gasteiger partial charge in [-0.2, -0.15) is 0 Å². The normalized spacial score (nSPS) is 11.9. The van der Waals surface area contributed by atoms with Gasteiger partial charge in [-0.25, -0.2) is 0 Å². The lowest BCUT2D eigenvalue weighted by Gasteiger charge is -2.16. The molecule has 1 aromatic rings. The van der Waals surface area contributed by atoms with Crippen molar-refractivity contribution in [1.82, 2.24) is 9.88 Å². The summed E-state index contributed by atoms with van der Waals surface area (Å²) in [5.74, 6) is 0. The van der Waals surface area contributed by atoms with Crippen molar-refractivity contribution < 1.29 is 4.84 Å². The maximum absolute atomic E-state index is 5.98. The minimum Gasteiger partial charge on any atom is -0.395 e. The van der Waals surface area contributed by atoms with E-state index in [9.17, 15) is 0 Å². The van der Waals surface area contributed by atoms with Crippen LogP contribution in [-0.2, 0) is 4.84 Å². The summed E-state index contributed by atoms with van der Waals surface area (Å²) in [6.45, 7) is 8.04. The molecule has 0 aliphatic heterocycles. The second kappa shape index (κ2) is 8.89. The lowest BCUT2D eigenvalue weighted by molar-refractivity contribution is 0.131. The van der Waals surface area contributed by atoms with Gasteiger partial charge in [-0.05, 0) is 31.6 Å². The van der Waals surface area contributed by atoms with Crippen LogP contribution in [0.2, 0.25) is 0 Å². The summed E-state index contributed by atoms with van der Waals surface area (Å²) in [6, 6.07) is 3.66. The van der Waals surface area contributed by atoms with Crippen molar-refractivity contribution in [3.05, 3.63) is 30.1 Å². The Morgan fingerprint density at radius 1 is 1.44 bits per heavy atom. The highest BCUT2D eigenvalue weighted by Crippen LogP contribution is 2.03. The van der Waals surface area contributed by atoms with Crippen LogP contribution in [0.1, 0.15) is 25.8 Å². The number of pyridine rings is 1. The van der Waals surface area contributed by atoms with E-state index in [1.165, 1.54) is 0 Å². The quantitative estimate of drug-likeness (QED) is 0.414. The SMILES string of the molecule is CCN(CC)CCCON=C(Cl)c1cccnc1. The number of hydrogen-bond acceptors (Lipinski definition) is 4. The third-order valence-electron chi connectivity index (χ3n) is 2.65. The summed E-state index contributed by atoms with van der Waals surface area (Å²) in [7, 11) is 0. The Labute approximate surface area is 114 Å².